The van der Waals surface area contributed by atoms with Crippen molar-refractivity contribution in [2.45, 2.75) is 24.9 Å². The molecule has 0 aliphatic carbocycles. The minimum atomic E-state index is -6.66. The maximum atomic E-state index is 13.9. The molecule has 0 saturated heterocycles. The van der Waals surface area contributed by atoms with E-state index in [0.717, 1.165) is 11.4 Å². The summed E-state index contributed by atoms with van der Waals surface area (Å²) in [6.07, 6.45) is -6.66. The minimum Gasteiger partial charge on any atom is -0.461 e. The monoisotopic (exact) mass is 368 g/mol. The number of alkyl halides is 7. The molecule has 2 nitrogen and oxygen atoms in total. The summed E-state index contributed by atoms with van der Waals surface area (Å²) in [5, 5.41) is 1.04. The largest absolute Gasteiger partial charge is 0.461 e. The van der Waals surface area contributed by atoms with E-state index in [4.69, 9.17) is 0 Å². The Balaban J connectivity index is 3.60. The third kappa shape index (κ3) is 3.48. The molecule has 0 saturated carbocycles. The van der Waals surface area contributed by atoms with Crippen molar-refractivity contribution < 1.29 is 44.7 Å². The van der Waals surface area contributed by atoms with Crippen LogP contribution in [0.4, 0.5) is 35.1 Å². The maximum absolute atomic E-state index is 13.9. The van der Waals surface area contributed by atoms with Gasteiger partial charge in [-0.25, -0.2) is 4.79 Å². The summed E-state index contributed by atoms with van der Waals surface area (Å²) in [4.78, 5) is 10.2. The van der Waals surface area contributed by atoms with Gasteiger partial charge in [-0.1, -0.05) is 6.07 Å². The molecule has 1 aromatic heterocycles. The molecule has 11 heteroatoms. The van der Waals surface area contributed by atoms with E-state index in [1.54, 1.807) is 0 Å². The van der Waals surface area contributed by atoms with Gasteiger partial charge in [-0.2, -0.15) is 35.1 Å². The summed E-state index contributed by atoms with van der Waals surface area (Å²) in [5.74, 6) is -17.2. The Morgan fingerprint density at radius 2 is 1.74 bits per heavy atom. The van der Waals surface area contributed by atoms with E-state index in [-0.39, 0.29) is 11.3 Å². The third-order valence-electron chi connectivity index (χ3n) is 2.51. The fourth-order valence-electron chi connectivity index (χ4n) is 1.45. The Morgan fingerprint density at radius 1 is 1.17 bits per heavy atom. The average Bonchev–Trinajstić information content (AvgIpc) is 2.90. The highest BCUT2D eigenvalue weighted by Crippen LogP contribution is 2.53. The van der Waals surface area contributed by atoms with Gasteiger partial charge in [-0.15, -0.1) is 11.3 Å². The van der Waals surface area contributed by atoms with E-state index in [0.29, 0.717) is 6.07 Å². The lowest BCUT2D eigenvalue weighted by molar-refractivity contribution is -0.339. The SMILES string of the molecule is CCOC(=O)/C(F)=C(\c1cccs1)C(F)(F)C(F)(F)C(F)(F)F. The van der Waals surface area contributed by atoms with Gasteiger partial charge in [0.15, 0.2) is 0 Å². The number of thiophene rings is 1. The summed E-state index contributed by atoms with van der Waals surface area (Å²) in [6.45, 7) is 0.670. The summed E-state index contributed by atoms with van der Waals surface area (Å²) in [6, 6.07) is 1.69. The molecule has 0 amide bonds. The zero-order valence-corrected chi connectivity index (χ0v) is 12.0. The number of carbonyl (C=O) groups excluding carboxylic acids is 1. The van der Waals surface area contributed by atoms with Gasteiger partial charge >= 0.3 is 24.0 Å². The van der Waals surface area contributed by atoms with Crippen molar-refractivity contribution in [3.63, 3.8) is 0 Å². The van der Waals surface area contributed by atoms with Crippen LogP contribution in [0.25, 0.3) is 5.57 Å². The van der Waals surface area contributed by atoms with Crippen LogP contribution in [-0.2, 0) is 9.53 Å². The molecular weight excluding hydrogens is 360 g/mol. The second-order valence-electron chi connectivity index (χ2n) is 4.03. The predicted octanol–water partition coefficient (Wildman–Crippen LogP) is 4.82. The first kappa shape index (κ1) is 19.4. The van der Waals surface area contributed by atoms with Crippen molar-refractivity contribution in [2.75, 3.05) is 6.61 Å². The molecule has 23 heavy (non-hydrogen) atoms. The van der Waals surface area contributed by atoms with Crippen LogP contribution in [0.3, 0.4) is 0 Å². The molecule has 0 spiro atoms. The molecular formula is C12H8F8O2S. The first-order chi connectivity index (χ1) is 10.4. The average molecular weight is 368 g/mol. The Kier molecular flexibility index (Phi) is 5.45. The predicted molar refractivity (Wildman–Crippen MR) is 64.9 cm³/mol. The van der Waals surface area contributed by atoms with Crippen LogP contribution in [0.2, 0.25) is 0 Å². The Morgan fingerprint density at radius 3 is 2.13 bits per heavy atom. The van der Waals surface area contributed by atoms with Crippen LogP contribution in [0.5, 0.6) is 0 Å². The number of hydrogen-bond acceptors (Lipinski definition) is 3. The topological polar surface area (TPSA) is 26.3 Å². The van der Waals surface area contributed by atoms with E-state index < -0.39 is 46.9 Å². The smallest absolute Gasteiger partial charge is 0.460 e. The summed E-state index contributed by atoms with van der Waals surface area (Å²) < 4.78 is 109. The third-order valence-corrected chi connectivity index (χ3v) is 3.39. The van der Waals surface area contributed by atoms with E-state index in [1.807, 2.05) is 0 Å². The fourth-order valence-corrected chi connectivity index (χ4v) is 2.25. The van der Waals surface area contributed by atoms with Crippen molar-refractivity contribution in [3.8, 4) is 0 Å². The molecule has 0 unspecified atom stereocenters. The second kappa shape index (κ2) is 6.46. The van der Waals surface area contributed by atoms with Crippen molar-refractivity contribution in [2.24, 2.45) is 0 Å². The lowest BCUT2D eigenvalue weighted by Crippen LogP contribution is -2.52. The normalized spacial score (nSPS) is 14.5. The molecule has 1 heterocycles. The highest BCUT2D eigenvalue weighted by Gasteiger charge is 2.75. The summed E-state index contributed by atoms with van der Waals surface area (Å²) >= 11 is 0.262. The van der Waals surface area contributed by atoms with Gasteiger partial charge in [0.1, 0.15) is 0 Å². The van der Waals surface area contributed by atoms with Gasteiger partial charge in [0.25, 0.3) is 0 Å². The van der Waals surface area contributed by atoms with Crippen molar-refractivity contribution in [1.29, 1.82) is 0 Å². The van der Waals surface area contributed by atoms with Crippen LogP contribution in [0.1, 0.15) is 11.8 Å². The Bertz CT molecular complexity index is 589. The summed E-state index contributed by atoms with van der Waals surface area (Å²) in [7, 11) is 0. The van der Waals surface area contributed by atoms with Gasteiger partial charge in [-0.3, -0.25) is 0 Å². The number of carbonyl (C=O) groups is 1. The van der Waals surface area contributed by atoms with Gasteiger partial charge in [0.05, 0.1) is 12.2 Å². The van der Waals surface area contributed by atoms with Gasteiger partial charge in [-0.05, 0) is 18.4 Å². The molecule has 0 atom stereocenters. The molecule has 0 radical (unpaired) electrons. The molecule has 0 fully saturated rings. The molecule has 1 rings (SSSR count). The highest BCUT2D eigenvalue weighted by molar-refractivity contribution is 7.11. The second-order valence-corrected chi connectivity index (χ2v) is 4.98. The molecule has 0 aliphatic heterocycles. The summed E-state index contributed by atoms with van der Waals surface area (Å²) in [5.41, 5.74) is -2.37. The van der Waals surface area contributed by atoms with E-state index >= 15 is 0 Å². The number of allylic oxidation sites excluding steroid dienone is 1. The van der Waals surface area contributed by atoms with Gasteiger partial charge in [0, 0.05) is 4.88 Å². The van der Waals surface area contributed by atoms with Gasteiger partial charge < -0.3 is 4.74 Å². The lowest BCUT2D eigenvalue weighted by atomic mass is 9.99. The van der Waals surface area contributed by atoms with Crippen molar-refractivity contribution >= 4 is 22.9 Å². The maximum Gasteiger partial charge on any atom is 0.460 e. The number of hydrogen-bond donors (Lipinski definition) is 0. The van der Waals surface area contributed by atoms with Crippen LogP contribution < -0.4 is 0 Å². The fraction of sp³-hybridized carbons (Fsp3) is 0.417. The minimum absolute atomic E-state index is 0.262. The number of esters is 1. The molecule has 0 N–H and O–H groups in total. The number of halogens is 8. The Labute approximate surface area is 128 Å². The quantitative estimate of drug-likeness (QED) is 0.423. The van der Waals surface area contributed by atoms with Crippen molar-refractivity contribution in [1.82, 2.24) is 0 Å². The zero-order chi connectivity index (χ0) is 18.1. The standard InChI is InChI=1S/C12H8F8O2S/c1-2-22-9(21)8(13)7(6-4-3-5-23-6)10(14,15)11(16,17)12(18,19)20/h3-5H,2H2,1H3/b8-7-. The highest BCUT2D eigenvalue weighted by atomic mass is 32.1. The molecule has 1 aromatic rings. The van der Waals surface area contributed by atoms with Crippen LogP contribution >= 0.6 is 11.3 Å². The first-order valence-electron chi connectivity index (χ1n) is 5.81. The van der Waals surface area contributed by atoms with Crippen LogP contribution in [0, 0.1) is 0 Å². The van der Waals surface area contributed by atoms with E-state index in [1.165, 1.54) is 6.92 Å². The molecule has 0 bridgehead atoms. The zero-order valence-electron chi connectivity index (χ0n) is 11.2. The lowest BCUT2D eigenvalue weighted by Gasteiger charge is -2.29. The molecule has 130 valence electrons. The van der Waals surface area contributed by atoms with Crippen LogP contribution in [-0.4, -0.2) is 30.6 Å². The number of ether oxygens (including phenoxy) is 1. The first-order valence-corrected chi connectivity index (χ1v) is 6.69. The molecule has 0 aromatic carbocycles. The van der Waals surface area contributed by atoms with Gasteiger partial charge in [0.2, 0.25) is 5.83 Å². The number of rotatable bonds is 5. The van der Waals surface area contributed by atoms with E-state index in [9.17, 15) is 39.9 Å². The van der Waals surface area contributed by atoms with E-state index in [2.05, 4.69) is 4.74 Å². The van der Waals surface area contributed by atoms with Crippen molar-refractivity contribution in [3.05, 3.63) is 28.2 Å². The van der Waals surface area contributed by atoms with Crippen LogP contribution in [0.15, 0.2) is 23.3 Å². The molecule has 0 aliphatic rings. The Hall–Kier alpha value is -1.65.